The molecular formula is C14H24N2O3S. The van der Waals surface area contributed by atoms with Gasteiger partial charge < -0.3 is 10.4 Å². The number of sulfonamides is 1. The number of benzene rings is 1. The Morgan fingerprint density at radius 3 is 2.25 bits per heavy atom. The average Bonchev–Trinajstić information content (AvgIpc) is 2.37. The highest BCUT2D eigenvalue weighted by atomic mass is 32.2. The molecule has 0 aliphatic carbocycles. The third-order valence-corrected chi connectivity index (χ3v) is 4.92. The topological polar surface area (TPSA) is 69.6 Å². The quantitative estimate of drug-likeness (QED) is 0.807. The third-order valence-electron chi connectivity index (χ3n) is 3.09. The van der Waals surface area contributed by atoms with Gasteiger partial charge in [-0.1, -0.05) is 13.3 Å². The molecule has 1 unspecified atom stereocenters. The van der Waals surface area contributed by atoms with Gasteiger partial charge in [-0.25, -0.2) is 12.7 Å². The molecule has 0 spiro atoms. The number of nitrogens with zero attached hydrogens (tertiary/aromatic N) is 1. The molecule has 1 rings (SSSR count). The number of hydrogen-bond acceptors (Lipinski definition) is 4. The van der Waals surface area contributed by atoms with Gasteiger partial charge in [0.15, 0.2) is 0 Å². The molecule has 0 saturated heterocycles. The Balaban J connectivity index is 2.74. The fraction of sp³-hybridized carbons (Fsp3) is 0.571. The zero-order chi connectivity index (χ0) is 15.4. The fourth-order valence-corrected chi connectivity index (χ4v) is 2.78. The lowest BCUT2D eigenvalue weighted by molar-refractivity contribution is 0.0637. The minimum absolute atomic E-state index is 0.258. The summed E-state index contributed by atoms with van der Waals surface area (Å²) >= 11 is 0. The highest BCUT2D eigenvalue weighted by Gasteiger charge is 2.19. The summed E-state index contributed by atoms with van der Waals surface area (Å²) < 4.78 is 25.0. The number of nitrogens with one attached hydrogen (secondary N) is 1. The summed E-state index contributed by atoms with van der Waals surface area (Å²) in [6, 6.07) is 6.54. The maximum absolute atomic E-state index is 11.9. The van der Waals surface area contributed by atoms with Crippen molar-refractivity contribution in [2.75, 3.05) is 26.0 Å². The number of rotatable bonds is 7. The molecule has 6 heteroatoms. The van der Waals surface area contributed by atoms with Crippen LogP contribution in [0.5, 0.6) is 0 Å². The van der Waals surface area contributed by atoms with Crippen molar-refractivity contribution in [3.8, 4) is 0 Å². The van der Waals surface area contributed by atoms with Crippen molar-refractivity contribution >= 4 is 15.7 Å². The van der Waals surface area contributed by atoms with E-state index < -0.39 is 15.6 Å². The SMILES string of the molecule is CCCC(C)(O)CNc1ccc(S(=O)(=O)N(C)C)cc1. The Morgan fingerprint density at radius 1 is 1.25 bits per heavy atom. The average molecular weight is 300 g/mol. The second kappa shape index (κ2) is 6.56. The van der Waals surface area contributed by atoms with Crippen molar-refractivity contribution in [3.63, 3.8) is 0 Å². The van der Waals surface area contributed by atoms with E-state index in [0.717, 1.165) is 12.1 Å². The molecule has 0 aromatic heterocycles. The molecule has 1 aromatic carbocycles. The molecule has 0 bridgehead atoms. The van der Waals surface area contributed by atoms with Crippen LogP contribution in [0.1, 0.15) is 26.7 Å². The highest BCUT2D eigenvalue weighted by Crippen LogP contribution is 2.18. The lowest BCUT2D eigenvalue weighted by Crippen LogP contribution is -2.33. The maximum Gasteiger partial charge on any atom is 0.242 e. The third kappa shape index (κ3) is 4.47. The first-order valence-electron chi connectivity index (χ1n) is 6.68. The monoisotopic (exact) mass is 300 g/mol. The Bertz CT molecular complexity index is 522. The van der Waals surface area contributed by atoms with Crippen LogP contribution < -0.4 is 5.32 Å². The van der Waals surface area contributed by atoms with E-state index in [1.54, 1.807) is 31.2 Å². The van der Waals surface area contributed by atoms with E-state index in [1.165, 1.54) is 18.4 Å². The predicted molar refractivity (Wildman–Crippen MR) is 81.3 cm³/mol. The zero-order valence-electron chi connectivity index (χ0n) is 12.5. The lowest BCUT2D eigenvalue weighted by Gasteiger charge is -2.23. The molecule has 0 amide bonds. The standard InChI is InChI=1S/C14H24N2O3S/c1-5-10-14(2,17)11-15-12-6-8-13(9-7-12)20(18,19)16(3)4/h6-9,15,17H,5,10-11H2,1-4H3. The van der Waals surface area contributed by atoms with Crippen LogP contribution in [0.15, 0.2) is 29.2 Å². The van der Waals surface area contributed by atoms with Crippen molar-refractivity contribution in [3.05, 3.63) is 24.3 Å². The van der Waals surface area contributed by atoms with Crippen LogP contribution in [0.3, 0.4) is 0 Å². The molecule has 0 aliphatic rings. The molecule has 5 nitrogen and oxygen atoms in total. The molecule has 0 saturated carbocycles. The summed E-state index contributed by atoms with van der Waals surface area (Å²) in [7, 11) is -0.383. The van der Waals surface area contributed by atoms with E-state index in [-0.39, 0.29) is 4.90 Å². The smallest absolute Gasteiger partial charge is 0.242 e. The Kier molecular flexibility index (Phi) is 5.56. The summed E-state index contributed by atoms with van der Waals surface area (Å²) in [5.41, 5.74) is 0.0300. The summed E-state index contributed by atoms with van der Waals surface area (Å²) in [6.07, 6.45) is 1.63. The number of hydrogen-bond donors (Lipinski definition) is 2. The minimum atomic E-state index is -3.39. The molecule has 0 radical (unpaired) electrons. The Labute approximate surface area is 121 Å². The normalized spacial score (nSPS) is 15.1. The van der Waals surface area contributed by atoms with Crippen LogP contribution in [0.4, 0.5) is 5.69 Å². The molecule has 20 heavy (non-hydrogen) atoms. The summed E-state index contributed by atoms with van der Waals surface area (Å²) in [5.74, 6) is 0. The van der Waals surface area contributed by atoms with Crippen LogP contribution in [-0.2, 0) is 10.0 Å². The van der Waals surface area contributed by atoms with Gasteiger partial charge in [0.25, 0.3) is 0 Å². The van der Waals surface area contributed by atoms with Crippen molar-refractivity contribution < 1.29 is 13.5 Å². The zero-order valence-corrected chi connectivity index (χ0v) is 13.4. The van der Waals surface area contributed by atoms with Crippen LogP contribution in [0, 0.1) is 0 Å². The molecule has 0 heterocycles. The first-order chi connectivity index (χ1) is 9.19. The van der Waals surface area contributed by atoms with Crippen molar-refractivity contribution in [2.45, 2.75) is 37.2 Å². The van der Waals surface area contributed by atoms with Crippen LogP contribution in [0.25, 0.3) is 0 Å². The van der Waals surface area contributed by atoms with Gasteiger partial charge in [0.2, 0.25) is 10.0 Å². The van der Waals surface area contributed by atoms with Gasteiger partial charge >= 0.3 is 0 Å². The predicted octanol–water partition coefficient (Wildman–Crippen LogP) is 1.90. The molecule has 0 fully saturated rings. The number of anilines is 1. The fourth-order valence-electron chi connectivity index (χ4n) is 1.88. The Hall–Kier alpha value is -1.11. The summed E-state index contributed by atoms with van der Waals surface area (Å²) in [6.45, 7) is 4.24. The second-order valence-corrected chi connectivity index (χ2v) is 7.56. The molecular weight excluding hydrogens is 276 g/mol. The van der Waals surface area contributed by atoms with Gasteiger partial charge in [-0.3, -0.25) is 0 Å². The van der Waals surface area contributed by atoms with Gasteiger partial charge in [-0.15, -0.1) is 0 Å². The van der Waals surface area contributed by atoms with Crippen molar-refractivity contribution in [1.82, 2.24) is 4.31 Å². The van der Waals surface area contributed by atoms with E-state index in [9.17, 15) is 13.5 Å². The van der Waals surface area contributed by atoms with Crippen LogP contribution in [-0.4, -0.2) is 44.1 Å². The van der Waals surface area contributed by atoms with Gasteiger partial charge in [0.1, 0.15) is 0 Å². The van der Waals surface area contributed by atoms with E-state index in [4.69, 9.17) is 0 Å². The second-order valence-electron chi connectivity index (χ2n) is 5.41. The van der Waals surface area contributed by atoms with E-state index in [2.05, 4.69) is 5.32 Å². The molecule has 2 N–H and O–H groups in total. The van der Waals surface area contributed by atoms with Crippen molar-refractivity contribution in [2.24, 2.45) is 0 Å². The summed E-state index contributed by atoms with van der Waals surface area (Å²) in [5, 5.41) is 13.2. The van der Waals surface area contributed by atoms with Gasteiger partial charge in [0, 0.05) is 26.3 Å². The Morgan fingerprint density at radius 2 is 1.80 bits per heavy atom. The maximum atomic E-state index is 11.9. The van der Waals surface area contributed by atoms with Gasteiger partial charge in [0.05, 0.1) is 10.5 Å². The largest absolute Gasteiger partial charge is 0.388 e. The first kappa shape index (κ1) is 16.9. The molecule has 0 aliphatic heterocycles. The lowest BCUT2D eigenvalue weighted by atomic mass is 10.0. The number of aliphatic hydroxyl groups is 1. The highest BCUT2D eigenvalue weighted by molar-refractivity contribution is 7.89. The molecule has 1 atom stereocenters. The summed E-state index contributed by atoms with van der Waals surface area (Å²) in [4.78, 5) is 0.258. The van der Waals surface area contributed by atoms with E-state index in [0.29, 0.717) is 13.0 Å². The first-order valence-corrected chi connectivity index (χ1v) is 8.12. The molecule has 1 aromatic rings. The van der Waals surface area contributed by atoms with E-state index >= 15 is 0 Å². The van der Waals surface area contributed by atoms with Crippen LogP contribution >= 0.6 is 0 Å². The van der Waals surface area contributed by atoms with Crippen molar-refractivity contribution in [1.29, 1.82) is 0 Å². The van der Waals surface area contributed by atoms with Crippen LogP contribution in [0.2, 0.25) is 0 Å². The van der Waals surface area contributed by atoms with Gasteiger partial charge in [-0.2, -0.15) is 0 Å². The minimum Gasteiger partial charge on any atom is -0.388 e. The van der Waals surface area contributed by atoms with E-state index in [1.807, 2.05) is 6.92 Å². The molecule has 114 valence electrons. The van der Waals surface area contributed by atoms with Gasteiger partial charge in [-0.05, 0) is 37.6 Å².